The summed E-state index contributed by atoms with van der Waals surface area (Å²) in [5.41, 5.74) is 1.50. The molecule has 28 heavy (non-hydrogen) atoms. The van der Waals surface area contributed by atoms with Crippen LogP contribution in [0, 0.1) is 11.3 Å². The Labute approximate surface area is 160 Å². The lowest BCUT2D eigenvalue weighted by atomic mass is 9.94. The number of hydrogen-bond acceptors (Lipinski definition) is 5. The highest BCUT2D eigenvalue weighted by molar-refractivity contribution is 6.35. The zero-order chi connectivity index (χ0) is 19.8. The summed E-state index contributed by atoms with van der Waals surface area (Å²) >= 11 is 0. The Balaban J connectivity index is 1.71. The van der Waals surface area contributed by atoms with Crippen molar-refractivity contribution < 1.29 is 19.1 Å². The van der Waals surface area contributed by atoms with E-state index in [4.69, 9.17) is 10.00 Å². The lowest BCUT2D eigenvalue weighted by Gasteiger charge is -2.27. The Morgan fingerprint density at radius 2 is 1.54 bits per heavy atom. The van der Waals surface area contributed by atoms with Crippen LogP contribution in [0.25, 0.3) is 10.8 Å². The fraction of sp³-hybridized carbons (Fsp3) is 0.0909. The molecule has 0 saturated heterocycles. The predicted octanol–water partition coefficient (Wildman–Crippen LogP) is 3.71. The Kier molecular flexibility index (Phi) is 4.13. The van der Waals surface area contributed by atoms with E-state index in [2.05, 4.69) is 0 Å². The first-order valence-corrected chi connectivity index (χ1v) is 8.62. The molecule has 1 heterocycles. The van der Waals surface area contributed by atoms with Gasteiger partial charge in [-0.15, -0.1) is 0 Å². The van der Waals surface area contributed by atoms with E-state index in [0.29, 0.717) is 22.2 Å². The van der Waals surface area contributed by atoms with Gasteiger partial charge in [-0.1, -0.05) is 24.3 Å². The van der Waals surface area contributed by atoms with Gasteiger partial charge in [-0.05, 0) is 48.7 Å². The molecule has 4 rings (SSSR count). The second-order valence-corrected chi connectivity index (χ2v) is 6.38. The largest absolute Gasteiger partial charge is 0.444 e. The number of carbonyl (C=O) groups is 3. The van der Waals surface area contributed by atoms with Crippen LogP contribution >= 0.6 is 0 Å². The van der Waals surface area contributed by atoms with Crippen molar-refractivity contribution in [2.45, 2.75) is 13.0 Å². The van der Waals surface area contributed by atoms with Crippen LogP contribution in [0.5, 0.6) is 0 Å². The molecule has 6 nitrogen and oxygen atoms in total. The minimum atomic E-state index is -0.866. The molecule has 0 aliphatic carbocycles. The van der Waals surface area contributed by atoms with E-state index in [-0.39, 0.29) is 5.56 Å². The first-order chi connectivity index (χ1) is 13.5. The van der Waals surface area contributed by atoms with Gasteiger partial charge in [0.1, 0.15) is 6.07 Å². The molecule has 0 N–H and O–H groups in total. The summed E-state index contributed by atoms with van der Waals surface area (Å²) in [7, 11) is 0. The number of esters is 1. The highest BCUT2D eigenvalue weighted by Crippen LogP contribution is 2.32. The van der Waals surface area contributed by atoms with Crippen LogP contribution in [0.15, 0.2) is 60.7 Å². The van der Waals surface area contributed by atoms with Crippen molar-refractivity contribution in [3.8, 4) is 6.07 Å². The van der Waals surface area contributed by atoms with Gasteiger partial charge in [0, 0.05) is 16.5 Å². The monoisotopic (exact) mass is 370 g/mol. The Morgan fingerprint density at radius 1 is 0.964 bits per heavy atom. The van der Waals surface area contributed by atoms with E-state index in [1.807, 2.05) is 18.2 Å². The number of hydrogen-bond donors (Lipinski definition) is 0. The lowest BCUT2D eigenvalue weighted by molar-refractivity contribution is 0.0435. The molecule has 2 amide bonds. The van der Waals surface area contributed by atoms with Crippen LogP contribution < -0.4 is 4.90 Å². The number of rotatable bonds is 3. The molecular formula is C22H14N2O4. The van der Waals surface area contributed by atoms with Gasteiger partial charge in [-0.3, -0.25) is 9.59 Å². The van der Waals surface area contributed by atoms with Gasteiger partial charge >= 0.3 is 5.97 Å². The second-order valence-electron chi connectivity index (χ2n) is 6.38. The number of amides is 2. The molecule has 1 aliphatic rings. The van der Waals surface area contributed by atoms with Crippen molar-refractivity contribution in [3.05, 3.63) is 77.4 Å². The van der Waals surface area contributed by atoms with Crippen molar-refractivity contribution >= 4 is 34.2 Å². The third-order valence-electron chi connectivity index (χ3n) is 4.60. The molecule has 0 bridgehead atoms. The average molecular weight is 370 g/mol. The van der Waals surface area contributed by atoms with Gasteiger partial charge < -0.3 is 4.74 Å². The topological polar surface area (TPSA) is 87.5 Å². The molecule has 1 aliphatic heterocycles. The molecule has 0 fully saturated rings. The molecule has 0 aromatic heterocycles. The summed E-state index contributed by atoms with van der Waals surface area (Å²) in [6, 6.07) is 18.4. The van der Waals surface area contributed by atoms with Crippen molar-refractivity contribution in [1.29, 1.82) is 5.26 Å². The van der Waals surface area contributed by atoms with Gasteiger partial charge in [-0.25, -0.2) is 9.69 Å². The maximum absolute atomic E-state index is 13.0. The third-order valence-corrected chi connectivity index (χ3v) is 4.60. The minimum Gasteiger partial charge on any atom is -0.444 e. The number of anilines is 1. The normalized spacial score (nSPS) is 13.9. The molecule has 0 spiro atoms. The molecule has 6 heteroatoms. The first-order valence-electron chi connectivity index (χ1n) is 8.62. The molecular weight excluding hydrogens is 356 g/mol. The quantitative estimate of drug-likeness (QED) is 0.518. The average Bonchev–Trinajstić information content (AvgIpc) is 2.72. The fourth-order valence-corrected chi connectivity index (χ4v) is 3.27. The number of benzene rings is 3. The molecule has 0 saturated carbocycles. The van der Waals surface area contributed by atoms with Gasteiger partial charge in [0.15, 0.2) is 6.10 Å². The molecule has 0 unspecified atom stereocenters. The van der Waals surface area contributed by atoms with Gasteiger partial charge in [0.05, 0.1) is 11.3 Å². The van der Waals surface area contributed by atoms with Crippen molar-refractivity contribution in [3.63, 3.8) is 0 Å². The number of ether oxygens (including phenoxy) is 1. The molecule has 0 radical (unpaired) electrons. The maximum atomic E-state index is 13.0. The van der Waals surface area contributed by atoms with E-state index in [1.165, 1.54) is 31.2 Å². The fourth-order valence-electron chi connectivity index (χ4n) is 3.27. The van der Waals surface area contributed by atoms with Crippen LogP contribution in [0.3, 0.4) is 0 Å². The highest BCUT2D eigenvalue weighted by Gasteiger charge is 2.33. The standard InChI is InChI=1S/C22H14N2O4/c1-13(12-23)28-22(27)15-8-10-16(11-9-15)24-20(25)17-6-2-4-14-5-3-7-18(19(14)17)21(24)26/h2-11,13H,1H3/t13-/m0/s1. The smallest absolute Gasteiger partial charge is 0.339 e. The van der Waals surface area contributed by atoms with Crippen molar-refractivity contribution in [2.75, 3.05) is 4.90 Å². The van der Waals surface area contributed by atoms with Crippen LogP contribution in [0.4, 0.5) is 5.69 Å². The van der Waals surface area contributed by atoms with E-state index in [1.54, 1.807) is 24.3 Å². The second kappa shape index (κ2) is 6.63. The molecule has 136 valence electrons. The SMILES string of the molecule is C[C@@H](C#N)OC(=O)c1ccc(N2C(=O)c3cccc4cccc(c34)C2=O)cc1. The van der Waals surface area contributed by atoms with Crippen LogP contribution in [-0.2, 0) is 4.74 Å². The van der Waals surface area contributed by atoms with E-state index < -0.39 is 23.9 Å². The van der Waals surface area contributed by atoms with E-state index >= 15 is 0 Å². The predicted molar refractivity (Wildman–Crippen MR) is 102 cm³/mol. The van der Waals surface area contributed by atoms with Crippen molar-refractivity contribution in [1.82, 2.24) is 0 Å². The third kappa shape index (κ3) is 2.70. The first kappa shape index (κ1) is 17.4. The van der Waals surface area contributed by atoms with Gasteiger partial charge in [0.25, 0.3) is 11.8 Å². The summed E-state index contributed by atoms with van der Waals surface area (Å²) in [4.78, 5) is 39.1. The van der Waals surface area contributed by atoms with Gasteiger partial charge in [0.2, 0.25) is 0 Å². The molecule has 3 aromatic rings. The number of carbonyl (C=O) groups excluding carboxylic acids is 3. The number of nitrogens with zero attached hydrogens (tertiary/aromatic N) is 2. The Bertz CT molecular complexity index is 1120. The Morgan fingerprint density at radius 3 is 2.07 bits per heavy atom. The summed E-state index contributed by atoms with van der Waals surface area (Å²) in [6.45, 7) is 1.47. The summed E-state index contributed by atoms with van der Waals surface area (Å²) in [6.07, 6.45) is -0.866. The number of imide groups is 1. The summed E-state index contributed by atoms with van der Waals surface area (Å²) < 4.78 is 4.95. The summed E-state index contributed by atoms with van der Waals surface area (Å²) in [5, 5.41) is 10.2. The Hall–Kier alpha value is -3.98. The molecule has 1 atom stereocenters. The van der Waals surface area contributed by atoms with Gasteiger partial charge in [-0.2, -0.15) is 5.26 Å². The highest BCUT2D eigenvalue weighted by atomic mass is 16.5. The lowest BCUT2D eigenvalue weighted by Crippen LogP contribution is -2.40. The maximum Gasteiger partial charge on any atom is 0.339 e. The minimum absolute atomic E-state index is 0.227. The van der Waals surface area contributed by atoms with E-state index in [9.17, 15) is 14.4 Å². The number of nitriles is 1. The zero-order valence-corrected chi connectivity index (χ0v) is 14.9. The van der Waals surface area contributed by atoms with Crippen LogP contribution in [-0.4, -0.2) is 23.9 Å². The molecule has 3 aromatic carbocycles. The van der Waals surface area contributed by atoms with Crippen LogP contribution in [0.1, 0.15) is 38.0 Å². The van der Waals surface area contributed by atoms with E-state index in [0.717, 1.165) is 10.3 Å². The summed E-state index contributed by atoms with van der Waals surface area (Å²) in [5.74, 6) is -1.47. The van der Waals surface area contributed by atoms with Crippen LogP contribution in [0.2, 0.25) is 0 Å². The zero-order valence-electron chi connectivity index (χ0n) is 14.9. The van der Waals surface area contributed by atoms with Crippen molar-refractivity contribution in [2.24, 2.45) is 0 Å².